The normalized spacial score (nSPS) is 30.5. The maximum Gasteiger partial charge on any atom is 0.277 e. The quantitative estimate of drug-likeness (QED) is 0.739. The molecule has 4 aliphatic carbocycles. The van der Waals surface area contributed by atoms with E-state index in [9.17, 15) is 9.18 Å². The van der Waals surface area contributed by atoms with Crippen molar-refractivity contribution in [3.63, 3.8) is 0 Å². The SMILES string of the molecule is O=C(CSc1nnc(C23CC4CC(CC(C4)C2)C3)o1)NCc1ccccc1F. The summed E-state index contributed by atoms with van der Waals surface area (Å²) in [6.07, 6.45) is 7.64. The highest BCUT2D eigenvalue weighted by molar-refractivity contribution is 7.99. The Morgan fingerprint density at radius 1 is 1.14 bits per heavy atom. The highest BCUT2D eigenvalue weighted by Crippen LogP contribution is 2.60. The van der Waals surface area contributed by atoms with Gasteiger partial charge >= 0.3 is 0 Å². The lowest BCUT2D eigenvalue weighted by Crippen LogP contribution is -2.48. The number of carbonyl (C=O) groups excluding carboxylic acids is 1. The van der Waals surface area contributed by atoms with E-state index < -0.39 is 0 Å². The smallest absolute Gasteiger partial charge is 0.277 e. The summed E-state index contributed by atoms with van der Waals surface area (Å²) >= 11 is 1.25. The maximum atomic E-state index is 13.6. The van der Waals surface area contributed by atoms with Gasteiger partial charge in [0.25, 0.3) is 5.22 Å². The van der Waals surface area contributed by atoms with Crippen LogP contribution in [0.4, 0.5) is 4.39 Å². The molecule has 4 aliphatic rings. The van der Waals surface area contributed by atoms with Gasteiger partial charge in [0, 0.05) is 17.5 Å². The minimum Gasteiger partial charge on any atom is -0.415 e. The number of halogens is 1. The Labute approximate surface area is 167 Å². The summed E-state index contributed by atoms with van der Waals surface area (Å²) in [5, 5.41) is 11.7. The summed E-state index contributed by atoms with van der Waals surface area (Å²) in [6, 6.07) is 6.44. The van der Waals surface area contributed by atoms with Gasteiger partial charge in [-0.1, -0.05) is 30.0 Å². The van der Waals surface area contributed by atoms with Gasteiger partial charge in [-0.15, -0.1) is 10.2 Å². The van der Waals surface area contributed by atoms with Crippen LogP contribution in [0.25, 0.3) is 0 Å². The molecule has 28 heavy (non-hydrogen) atoms. The van der Waals surface area contributed by atoms with Gasteiger partial charge in [-0.25, -0.2) is 4.39 Å². The van der Waals surface area contributed by atoms with Crippen molar-refractivity contribution in [2.24, 2.45) is 17.8 Å². The second-order valence-electron chi connectivity index (χ2n) is 8.73. The Hall–Kier alpha value is -1.89. The van der Waals surface area contributed by atoms with E-state index >= 15 is 0 Å². The van der Waals surface area contributed by atoms with Crippen molar-refractivity contribution >= 4 is 17.7 Å². The summed E-state index contributed by atoms with van der Waals surface area (Å²) in [4.78, 5) is 12.1. The highest BCUT2D eigenvalue weighted by atomic mass is 32.2. The van der Waals surface area contributed by atoms with Crippen molar-refractivity contribution in [1.82, 2.24) is 15.5 Å². The number of nitrogens with one attached hydrogen (secondary N) is 1. The van der Waals surface area contributed by atoms with Crippen molar-refractivity contribution in [2.75, 3.05) is 5.75 Å². The van der Waals surface area contributed by atoms with Crippen LogP contribution in [0.15, 0.2) is 33.9 Å². The first kappa shape index (κ1) is 18.2. The Kier molecular flexibility index (Phi) is 4.65. The predicted octanol–water partition coefficient (Wildman–Crippen LogP) is 4.09. The average Bonchev–Trinajstić information content (AvgIpc) is 3.15. The lowest BCUT2D eigenvalue weighted by molar-refractivity contribution is -0.118. The van der Waals surface area contributed by atoms with E-state index in [4.69, 9.17) is 4.42 Å². The van der Waals surface area contributed by atoms with Gasteiger partial charge in [-0.2, -0.15) is 0 Å². The molecule has 6 rings (SSSR count). The van der Waals surface area contributed by atoms with Gasteiger partial charge in [0.05, 0.1) is 5.75 Å². The topological polar surface area (TPSA) is 68.0 Å². The third-order valence-corrected chi connectivity index (χ3v) is 7.48. The molecule has 1 heterocycles. The fourth-order valence-corrected chi connectivity index (χ4v) is 6.46. The summed E-state index contributed by atoms with van der Waals surface area (Å²) in [6.45, 7) is 0.175. The number of nitrogens with zero attached hydrogens (tertiary/aromatic N) is 2. The van der Waals surface area contributed by atoms with Crippen LogP contribution in [-0.2, 0) is 16.8 Å². The molecule has 0 spiro atoms. The molecule has 0 atom stereocenters. The molecular formula is C21H24FN3O2S. The number of thioether (sulfide) groups is 1. The summed E-state index contributed by atoms with van der Waals surface area (Å²) < 4.78 is 19.6. The monoisotopic (exact) mass is 401 g/mol. The Morgan fingerprint density at radius 3 is 2.50 bits per heavy atom. The standard InChI is InChI=1S/C21H24FN3O2S/c22-17-4-2-1-3-16(17)11-23-18(26)12-28-20-25-24-19(27-20)21-8-13-5-14(9-21)7-15(6-13)10-21/h1-4,13-15H,5-12H2,(H,23,26). The molecule has 1 aromatic carbocycles. The number of hydrogen-bond donors (Lipinski definition) is 1. The number of amides is 1. The van der Waals surface area contributed by atoms with Crippen molar-refractivity contribution in [3.05, 3.63) is 41.5 Å². The minimum atomic E-state index is -0.312. The van der Waals surface area contributed by atoms with E-state index in [0.29, 0.717) is 10.8 Å². The van der Waals surface area contributed by atoms with Crippen LogP contribution in [0.5, 0.6) is 0 Å². The summed E-state index contributed by atoms with van der Waals surface area (Å²) in [7, 11) is 0. The molecule has 2 aromatic rings. The molecular weight excluding hydrogens is 377 g/mol. The van der Waals surface area contributed by atoms with Crippen molar-refractivity contribution < 1.29 is 13.6 Å². The van der Waals surface area contributed by atoms with Crippen molar-refractivity contribution in [1.29, 1.82) is 0 Å². The van der Waals surface area contributed by atoms with Crippen LogP contribution in [-0.4, -0.2) is 21.9 Å². The fourth-order valence-electron chi connectivity index (χ4n) is 5.87. The van der Waals surface area contributed by atoms with Crippen LogP contribution in [0.2, 0.25) is 0 Å². The van der Waals surface area contributed by atoms with Crippen LogP contribution >= 0.6 is 11.8 Å². The average molecular weight is 402 g/mol. The molecule has 0 aliphatic heterocycles. The van der Waals surface area contributed by atoms with E-state index in [0.717, 1.165) is 23.6 Å². The second kappa shape index (κ2) is 7.17. The molecule has 4 fully saturated rings. The number of carbonyl (C=O) groups is 1. The second-order valence-corrected chi connectivity index (χ2v) is 9.65. The maximum absolute atomic E-state index is 13.6. The van der Waals surface area contributed by atoms with Crippen molar-refractivity contribution in [2.45, 2.75) is 55.7 Å². The molecule has 5 nitrogen and oxygen atoms in total. The Morgan fingerprint density at radius 2 is 1.82 bits per heavy atom. The van der Waals surface area contributed by atoms with E-state index in [1.54, 1.807) is 18.2 Å². The number of hydrogen-bond acceptors (Lipinski definition) is 5. The van der Waals surface area contributed by atoms with Gasteiger partial charge in [0.15, 0.2) is 0 Å². The van der Waals surface area contributed by atoms with Gasteiger partial charge < -0.3 is 9.73 Å². The molecule has 148 valence electrons. The zero-order valence-electron chi connectivity index (χ0n) is 15.7. The molecule has 0 saturated heterocycles. The molecule has 0 unspecified atom stereocenters. The number of aromatic nitrogens is 2. The largest absolute Gasteiger partial charge is 0.415 e. The first-order valence-electron chi connectivity index (χ1n) is 10.1. The zero-order chi connectivity index (χ0) is 19.1. The van der Waals surface area contributed by atoms with Crippen LogP contribution in [0.1, 0.15) is 50.0 Å². The van der Waals surface area contributed by atoms with E-state index in [2.05, 4.69) is 15.5 Å². The zero-order valence-corrected chi connectivity index (χ0v) is 16.5. The van der Waals surface area contributed by atoms with E-state index in [-0.39, 0.29) is 29.4 Å². The van der Waals surface area contributed by atoms with Gasteiger partial charge in [0.1, 0.15) is 5.82 Å². The number of benzene rings is 1. The summed E-state index contributed by atoms with van der Waals surface area (Å²) in [5.41, 5.74) is 0.552. The van der Waals surface area contributed by atoms with Gasteiger partial charge in [0.2, 0.25) is 11.8 Å². The minimum absolute atomic E-state index is 0.0770. The Bertz CT molecular complexity index is 849. The van der Waals surface area contributed by atoms with Crippen molar-refractivity contribution in [3.8, 4) is 0 Å². The summed E-state index contributed by atoms with van der Waals surface area (Å²) in [5.74, 6) is 2.92. The molecule has 1 amide bonds. The third kappa shape index (κ3) is 3.45. The molecule has 1 N–H and O–H groups in total. The van der Waals surface area contributed by atoms with Gasteiger partial charge in [-0.05, 0) is 62.3 Å². The molecule has 7 heteroatoms. The lowest BCUT2D eigenvalue weighted by atomic mass is 9.49. The fraction of sp³-hybridized carbons (Fsp3) is 0.571. The molecule has 1 aromatic heterocycles. The van der Waals surface area contributed by atoms with E-state index in [1.807, 2.05) is 0 Å². The predicted molar refractivity (Wildman–Crippen MR) is 103 cm³/mol. The van der Waals surface area contributed by atoms with Gasteiger partial charge in [-0.3, -0.25) is 4.79 Å². The van der Waals surface area contributed by atoms with Crippen LogP contribution in [0, 0.1) is 23.6 Å². The highest BCUT2D eigenvalue weighted by Gasteiger charge is 2.54. The van der Waals surface area contributed by atoms with E-state index in [1.165, 1.54) is 56.4 Å². The lowest BCUT2D eigenvalue weighted by Gasteiger charge is -2.55. The van der Waals surface area contributed by atoms with Crippen LogP contribution in [0.3, 0.4) is 0 Å². The molecule has 4 saturated carbocycles. The van der Waals surface area contributed by atoms with Crippen LogP contribution < -0.4 is 5.32 Å². The first-order valence-corrected chi connectivity index (χ1v) is 11.0. The molecule has 4 bridgehead atoms. The Balaban J connectivity index is 1.17. The molecule has 0 radical (unpaired) electrons. The third-order valence-electron chi connectivity index (χ3n) is 6.66. The number of rotatable bonds is 6. The first-order chi connectivity index (χ1) is 13.6.